The Hall–Kier alpha value is -2.68. The second-order valence-electron chi connectivity index (χ2n) is 24.7. The van der Waals surface area contributed by atoms with Gasteiger partial charge in [0.05, 0.1) is 31.0 Å². The zero-order valence-electron chi connectivity index (χ0n) is 53.0. The molecule has 22 heteroatoms. The van der Waals surface area contributed by atoms with Crippen LogP contribution in [0, 0.1) is 0 Å². The van der Waals surface area contributed by atoms with Crippen LogP contribution in [0.3, 0.4) is 0 Å². The fourth-order valence-corrected chi connectivity index (χ4v) is 12.1. The Morgan fingerprint density at radius 2 is 0.872 bits per heavy atom. The van der Waals surface area contributed by atoms with Crippen LogP contribution < -0.4 is 0 Å². The Morgan fingerprint density at radius 3 is 1.40 bits per heavy atom. The molecule has 5 fully saturated rings. The smallest absolute Gasteiger partial charge is 0.306 e. The number of hydrogen-bond acceptors (Lipinski definition) is 22. The monoisotopic (exact) mass is 1230 g/mol. The number of fused-ring (bicyclic) bond motifs is 2. The van der Waals surface area contributed by atoms with E-state index in [2.05, 4.69) is 27.7 Å². The van der Waals surface area contributed by atoms with Gasteiger partial charge in [-0.25, -0.2) is 0 Å². The summed E-state index contributed by atoms with van der Waals surface area (Å²) in [5.41, 5.74) is 0. The van der Waals surface area contributed by atoms with Gasteiger partial charge in [0.15, 0.2) is 49.6 Å². The first-order chi connectivity index (χ1) is 41.5. The van der Waals surface area contributed by atoms with Gasteiger partial charge >= 0.3 is 23.9 Å². The summed E-state index contributed by atoms with van der Waals surface area (Å²) in [6.45, 7) is 12.4. The zero-order valence-corrected chi connectivity index (χ0v) is 53.0. The van der Waals surface area contributed by atoms with E-state index in [1.54, 1.807) is 20.8 Å². The standard InChI is InChI=1S/C64H112O22/c1-8-12-16-22-29-35-45(66)80-54-40(5)75-61(58(51(54)72)81-46(67)36-30-23-17-13-9-2)84-55-41(6)76-62(59(52(55)73)82-47(68)37-31-24-18-14-10-3)85-56-42(7)77-63-60(53(56)74)83-48(69)38-32-26-21-19-20-25-28-34-43(33-27-15-11-4)78-64-57(86-63)50(71)49(70)44(39-65)79-64/h40-44,49-65,70-74H,8-39H2,1-7H3. The molecule has 0 saturated carbocycles. The normalized spacial score (nSPS) is 36.1. The van der Waals surface area contributed by atoms with Crippen molar-refractivity contribution in [1.29, 1.82) is 0 Å². The fraction of sp³-hybridized carbons (Fsp3) is 0.938. The molecule has 0 bridgehead atoms. The summed E-state index contributed by atoms with van der Waals surface area (Å²) in [5.74, 6) is -2.57. The van der Waals surface area contributed by atoms with Crippen LogP contribution in [0.1, 0.15) is 248 Å². The number of unbranched alkanes of at least 4 members (excludes halogenated alkanes) is 14. The van der Waals surface area contributed by atoms with Crippen molar-refractivity contribution >= 4 is 23.9 Å². The molecule has 0 aromatic heterocycles. The predicted molar refractivity (Wildman–Crippen MR) is 314 cm³/mol. The van der Waals surface area contributed by atoms with Crippen molar-refractivity contribution in [1.82, 2.24) is 0 Å². The fourth-order valence-electron chi connectivity index (χ4n) is 12.1. The van der Waals surface area contributed by atoms with Crippen molar-refractivity contribution in [2.24, 2.45) is 0 Å². The first kappa shape index (κ1) is 74.1. The van der Waals surface area contributed by atoms with E-state index in [1.807, 2.05) is 0 Å². The minimum atomic E-state index is -1.78. The molecule has 86 heavy (non-hydrogen) atoms. The van der Waals surface area contributed by atoms with E-state index >= 15 is 0 Å². The van der Waals surface area contributed by atoms with Gasteiger partial charge in [0.25, 0.3) is 0 Å². The number of aliphatic hydroxyl groups excluding tert-OH is 6. The Balaban J connectivity index is 1.43. The molecule has 22 nitrogen and oxygen atoms in total. The molecule has 0 aromatic carbocycles. The van der Waals surface area contributed by atoms with Crippen LogP contribution in [-0.2, 0) is 76.0 Å². The largest absolute Gasteiger partial charge is 0.457 e. The summed E-state index contributed by atoms with van der Waals surface area (Å²) in [6.07, 6.45) is -6.93. The number of ether oxygens (including phenoxy) is 12. The third kappa shape index (κ3) is 23.5. The van der Waals surface area contributed by atoms with E-state index in [9.17, 15) is 49.8 Å². The lowest BCUT2D eigenvalue weighted by Crippen LogP contribution is -2.67. The molecule has 500 valence electrons. The van der Waals surface area contributed by atoms with Crippen LogP contribution in [0.25, 0.3) is 0 Å². The average molecular weight is 1230 g/mol. The lowest BCUT2D eigenvalue weighted by atomic mass is 9.95. The molecule has 0 amide bonds. The van der Waals surface area contributed by atoms with Gasteiger partial charge in [-0.1, -0.05) is 163 Å². The topological polar surface area (TPSA) is 300 Å². The van der Waals surface area contributed by atoms with Crippen LogP contribution in [0.5, 0.6) is 0 Å². The number of rotatable bonds is 30. The van der Waals surface area contributed by atoms with Gasteiger partial charge in [0.2, 0.25) is 0 Å². The van der Waals surface area contributed by atoms with E-state index in [1.165, 1.54) is 0 Å². The van der Waals surface area contributed by atoms with E-state index in [0.29, 0.717) is 38.5 Å². The first-order valence-corrected chi connectivity index (χ1v) is 33.5. The van der Waals surface area contributed by atoms with Crippen LogP contribution in [-0.4, -0.2) is 190 Å². The predicted octanol–water partition coefficient (Wildman–Crippen LogP) is 8.12. The minimum absolute atomic E-state index is 0.00777. The molecule has 21 unspecified atom stereocenters. The van der Waals surface area contributed by atoms with E-state index < -0.39 is 153 Å². The molecule has 0 aliphatic carbocycles. The third-order valence-corrected chi connectivity index (χ3v) is 17.3. The molecule has 0 aromatic rings. The molecule has 21 atom stereocenters. The highest BCUT2D eigenvalue weighted by atomic mass is 16.8. The van der Waals surface area contributed by atoms with Crippen LogP contribution in [0.2, 0.25) is 0 Å². The summed E-state index contributed by atoms with van der Waals surface area (Å²) in [7, 11) is 0. The van der Waals surface area contributed by atoms with E-state index in [4.69, 9.17) is 56.8 Å². The Morgan fingerprint density at radius 1 is 0.442 bits per heavy atom. The second-order valence-corrected chi connectivity index (χ2v) is 24.7. The molecular formula is C64H112O22. The maximum absolute atomic E-state index is 13.8. The number of carbonyl (C=O) groups is 4. The SMILES string of the molecule is CCCCCCCC(=O)OC1C(C)OC(OC2C(C)OC(OC3C(C)OC4OC5C(OC(CCCCC)CCCCCCCCCC(=O)OC4C3O)OC(CO)C(O)C5O)C(OC(=O)CCCCCCC)C2O)C(OC(=O)CCCCCCC)C1O. The summed E-state index contributed by atoms with van der Waals surface area (Å²) in [4.78, 5) is 54.3. The van der Waals surface area contributed by atoms with Crippen molar-refractivity contribution in [2.45, 2.75) is 376 Å². The maximum atomic E-state index is 13.8. The number of esters is 4. The third-order valence-electron chi connectivity index (χ3n) is 17.3. The minimum Gasteiger partial charge on any atom is -0.457 e. The van der Waals surface area contributed by atoms with Gasteiger partial charge in [0.1, 0.15) is 54.9 Å². The van der Waals surface area contributed by atoms with E-state index in [-0.39, 0.29) is 31.8 Å². The molecule has 5 aliphatic rings. The summed E-state index contributed by atoms with van der Waals surface area (Å²) < 4.78 is 75.3. The highest BCUT2D eigenvalue weighted by Gasteiger charge is 2.57. The highest BCUT2D eigenvalue weighted by Crippen LogP contribution is 2.38. The Labute approximate surface area is 511 Å². The lowest BCUT2D eigenvalue weighted by molar-refractivity contribution is -0.388. The van der Waals surface area contributed by atoms with E-state index in [0.717, 1.165) is 135 Å². The molecule has 5 saturated heterocycles. The van der Waals surface area contributed by atoms with Crippen LogP contribution in [0.15, 0.2) is 0 Å². The average Bonchev–Trinajstić information content (AvgIpc) is 1.16. The van der Waals surface area contributed by atoms with Gasteiger partial charge in [-0.15, -0.1) is 0 Å². The van der Waals surface area contributed by atoms with Crippen molar-refractivity contribution in [3.05, 3.63) is 0 Å². The van der Waals surface area contributed by atoms with Crippen molar-refractivity contribution < 1.29 is 107 Å². The van der Waals surface area contributed by atoms with Gasteiger partial charge in [-0.05, 0) is 59.3 Å². The van der Waals surface area contributed by atoms with Crippen molar-refractivity contribution in [2.75, 3.05) is 6.61 Å². The van der Waals surface area contributed by atoms with Gasteiger partial charge in [-0.3, -0.25) is 19.2 Å². The second kappa shape index (κ2) is 40.2. The Bertz CT molecular complexity index is 1900. The molecule has 5 aliphatic heterocycles. The molecule has 5 rings (SSSR count). The highest BCUT2D eigenvalue weighted by molar-refractivity contribution is 5.71. The Kier molecular flexibility index (Phi) is 34.6. The van der Waals surface area contributed by atoms with Gasteiger partial charge in [-0.2, -0.15) is 0 Å². The van der Waals surface area contributed by atoms with Gasteiger partial charge < -0.3 is 87.5 Å². The molecular weight excluding hydrogens is 1120 g/mol. The summed E-state index contributed by atoms with van der Waals surface area (Å²) in [6, 6.07) is 0. The first-order valence-electron chi connectivity index (χ1n) is 33.5. The van der Waals surface area contributed by atoms with Gasteiger partial charge in [0, 0.05) is 25.7 Å². The molecule has 0 spiro atoms. The van der Waals surface area contributed by atoms with Crippen LogP contribution in [0.4, 0.5) is 0 Å². The van der Waals surface area contributed by atoms with Crippen molar-refractivity contribution in [3.63, 3.8) is 0 Å². The summed E-state index contributed by atoms with van der Waals surface area (Å²) in [5, 5.41) is 70.2. The number of hydrogen-bond donors (Lipinski definition) is 6. The number of aliphatic hydroxyl groups is 6. The molecule has 0 radical (unpaired) electrons. The van der Waals surface area contributed by atoms with Crippen molar-refractivity contribution in [3.8, 4) is 0 Å². The number of carbonyl (C=O) groups excluding carboxylic acids is 4. The lowest BCUT2D eigenvalue weighted by Gasteiger charge is -2.49. The molecule has 6 N–H and O–H groups in total. The summed E-state index contributed by atoms with van der Waals surface area (Å²) >= 11 is 0. The zero-order chi connectivity index (χ0) is 62.5. The maximum Gasteiger partial charge on any atom is 0.306 e. The quantitative estimate of drug-likeness (QED) is 0.0225. The van der Waals surface area contributed by atoms with Crippen LogP contribution >= 0.6 is 0 Å². The molecule has 5 heterocycles.